The molecule has 2 heterocycles. The summed E-state index contributed by atoms with van der Waals surface area (Å²) in [5.41, 5.74) is 5.53. The maximum Gasteiger partial charge on any atom is 0.156 e. The fraction of sp³-hybridized carbons (Fsp3) is 0.286. The second kappa shape index (κ2) is 4.74. The van der Waals surface area contributed by atoms with Gasteiger partial charge in [-0.25, -0.2) is 4.98 Å². The van der Waals surface area contributed by atoms with E-state index in [4.69, 9.17) is 0 Å². The molecule has 2 aromatic heterocycles. The van der Waals surface area contributed by atoms with E-state index in [-0.39, 0.29) is 0 Å². The van der Waals surface area contributed by atoms with Crippen LogP contribution in [-0.4, -0.2) is 25.9 Å². The van der Waals surface area contributed by atoms with Gasteiger partial charge in [-0.2, -0.15) is 5.10 Å². The number of nitrogens with zero attached hydrogens (tertiary/aromatic N) is 2. The maximum absolute atomic E-state index is 4.62. The summed E-state index contributed by atoms with van der Waals surface area (Å²) in [6.07, 6.45) is 0. The lowest BCUT2D eigenvalue weighted by molar-refractivity contribution is 1.00. The Bertz CT molecular complexity index is 687. The van der Waals surface area contributed by atoms with Gasteiger partial charge < -0.3 is 4.98 Å². The standard InChI is InChI=1S/C14H16N4S/c1-4-19-13-7-12(17-18-13)14-15-10-5-8(2)9(3)6-11(10)16-14/h5-7H,4H2,1-3H3,(H,15,16)(H,17,18). The van der Waals surface area contributed by atoms with Crippen LogP contribution in [0.5, 0.6) is 0 Å². The van der Waals surface area contributed by atoms with E-state index in [0.717, 1.165) is 33.3 Å². The minimum atomic E-state index is 0.843. The zero-order valence-corrected chi connectivity index (χ0v) is 12.1. The molecule has 3 aromatic rings. The maximum atomic E-state index is 4.62. The summed E-state index contributed by atoms with van der Waals surface area (Å²) in [5, 5.41) is 8.30. The third kappa shape index (κ3) is 2.26. The first-order valence-electron chi connectivity index (χ1n) is 6.33. The number of fused-ring (bicyclic) bond motifs is 1. The van der Waals surface area contributed by atoms with Gasteiger partial charge in [0.15, 0.2) is 5.82 Å². The van der Waals surface area contributed by atoms with Gasteiger partial charge in [0.2, 0.25) is 0 Å². The molecule has 5 heteroatoms. The molecule has 98 valence electrons. The Kier molecular flexibility index (Phi) is 3.06. The smallest absolute Gasteiger partial charge is 0.156 e. The van der Waals surface area contributed by atoms with E-state index in [2.05, 4.69) is 53.1 Å². The van der Waals surface area contributed by atoms with E-state index in [1.807, 2.05) is 6.07 Å². The molecule has 0 saturated carbocycles. The van der Waals surface area contributed by atoms with Crippen LogP contribution in [0.2, 0.25) is 0 Å². The van der Waals surface area contributed by atoms with Crippen LogP contribution >= 0.6 is 11.8 Å². The Morgan fingerprint density at radius 1 is 1.16 bits per heavy atom. The van der Waals surface area contributed by atoms with Crippen molar-refractivity contribution in [1.82, 2.24) is 20.2 Å². The molecular weight excluding hydrogens is 256 g/mol. The molecule has 0 atom stereocenters. The number of nitrogens with one attached hydrogen (secondary N) is 2. The Balaban J connectivity index is 2.04. The van der Waals surface area contributed by atoms with Crippen LogP contribution < -0.4 is 0 Å². The van der Waals surface area contributed by atoms with Crippen LogP contribution in [0.15, 0.2) is 23.2 Å². The number of rotatable bonds is 3. The van der Waals surface area contributed by atoms with Crippen LogP contribution in [0.4, 0.5) is 0 Å². The van der Waals surface area contributed by atoms with E-state index in [1.54, 1.807) is 11.8 Å². The number of H-pyrrole nitrogens is 2. The first-order chi connectivity index (χ1) is 9.17. The molecule has 0 aliphatic rings. The Morgan fingerprint density at radius 2 is 1.95 bits per heavy atom. The molecule has 19 heavy (non-hydrogen) atoms. The van der Waals surface area contributed by atoms with Crippen molar-refractivity contribution in [2.75, 3.05) is 5.75 Å². The van der Waals surface area contributed by atoms with Crippen LogP contribution in [0.25, 0.3) is 22.6 Å². The third-order valence-electron chi connectivity index (χ3n) is 3.20. The van der Waals surface area contributed by atoms with Crippen LogP contribution in [0.1, 0.15) is 18.1 Å². The molecular formula is C14H16N4S. The van der Waals surface area contributed by atoms with Gasteiger partial charge in [0.25, 0.3) is 0 Å². The molecule has 3 rings (SSSR count). The Labute approximate surface area is 116 Å². The second-order valence-electron chi connectivity index (χ2n) is 4.59. The van der Waals surface area contributed by atoms with E-state index in [0.29, 0.717) is 0 Å². The van der Waals surface area contributed by atoms with Crippen molar-refractivity contribution in [3.05, 3.63) is 29.3 Å². The summed E-state index contributed by atoms with van der Waals surface area (Å²) in [4.78, 5) is 7.97. The number of thioether (sulfide) groups is 1. The van der Waals surface area contributed by atoms with Gasteiger partial charge in [0.05, 0.1) is 11.0 Å². The highest BCUT2D eigenvalue weighted by Crippen LogP contribution is 2.24. The Hall–Kier alpha value is -1.75. The second-order valence-corrected chi connectivity index (χ2v) is 5.88. The topological polar surface area (TPSA) is 57.4 Å². The van der Waals surface area contributed by atoms with Crippen molar-refractivity contribution in [1.29, 1.82) is 0 Å². The van der Waals surface area contributed by atoms with Crippen molar-refractivity contribution in [2.45, 2.75) is 25.8 Å². The average molecular weight is 272 g/mol. The van der Waals surface area contributed by atoms with Gasteiger partial charge in [-0.1, -0.05) is 6.92 Å². The van der Waals surface area contributed by atoms with E-state index in [9.17, 15) is 0 Å². The van der Waals surface area contributed by atoms with Crippen molar-refractivity contribution in [3.63, 3.8) is 0 Å². The van der Waals surface area contributed by atoms with Gasteiger partial charge in [-0.15, -0.1) is 11.8 Å². The SMILES string of the molecule is CCSc1cc(-c2nc3cc(C)c(C)cc3[nH]2)[nH]n1. The first kappa shape index (κ1) is 12.3. The van der Waals surface area contributed by atoms with Gasteiger partial charge in [-0.3, -0.25) is 5.10 Å². The zero-order chi connectivity index (χ0) is 13.4. The molecule has 0 bridgehead atoms. The quantitative estimate of drug-likeness (QED) is 0.715. The van der Waals surface area contributed by atoms with Crippen molar-refractivity contribution >= 4 is 22.8 Å². The van der Waals surface area contributed by atoms with Crippen LogP contribution in [0.3, 0.4) is 0 Å². The third-order valence-corrected chi connectivity index (χ3v) is 3.99. The summed E-state index contributed by atoms with van der Waals surface area (Å²) in [6.45, 7) is 6.34. The number of aromatic nitrogens is 4. The predicted molar refractivity (Wildman–Crippen MR) is 79.5 cm³/mol. The highest BCUT2D eigenvalue weighted by Gasteiger charge is 2.09. The van der Waals surface area contributed by atoms with Gasteiger partial charge >= 0.3 is 0 Å². The van der Waals surface area contributed by atoms with E-state index < -0.39 is 0 Å². The average Bonchev–Trinajstić information content (AvgIpc) is 2.97. The lowest BCUT2D eigenvalue weighted by atomic mass is 10.1. The molecule has 0 fully saturated rings. The molecule has 0 radical (unpaired) electrons. The summed E-state index contributed by atoms with van der Waals surface area (Å²) in [5.74, 6) is 1.86. The minimum Gasteiger partial charge on any atom is -0.337 e. The lowest BCUT2D eigenvalue weighted by Crippen LogP contribution is -1.79. The molecule has 2 N–H and O–H groups in total. The van der Waals surface area contributed by atoms with Gasteiger partial charge in [0, 0.05) is 6.07 Å². The minimum absolute atomic E-state index is 0.843. The number of benzene rings is 1. The number of hydrogen-bond donors (Lipinski definition) is 2. The first-order valence-corrected chi connectivity index (χ1v) is 7.31. The van der Waals surface area contributed by atoms with Crippen LogP contribution in [0, 0.1) is 13.8 Å². The van der Waals surface area contributed by atoms with Gasteiger partial charge in [-0.05, 0) is 42.9 Å². The lowest BCUT2D eigenvalue weighted by Gasteiger charge is -1.97. The molecule has 1 aromatic carbocycles. The molecule has 0 spiro atoms. The number of aryl methyl sites for hydroxylation is 2. The molecule has 4 nitrogen and oxygen atoms in total. The monoisotopic (exact) mass is 272 g/mol. The molecule has 0 amide bonds. The normalized spacial score (nSPS) is 11.3. The fourth-order valence-corrected chi connectivity index (χ4v) is 2.65. The molecule has 0 unspecified atom stereocenters. The van der Waals surface area contributed by atoms with Crippen LogP contribution in [-0.2, 0) is 0 Å². The highest BCUT2D eigenvalue weighted by atomic mass is 32.2. The van der Waals surface area contributed by atoms with E-state index in [1.165, 1.54) is 11.1 Å². The fourth-order valence-electron chi connectivity index (χ4n) is 2.04. The number of aromatic amines is 2. The number of hydrogen-bond acceptors (Lipinski definition) is 3. The largest absolute Gasteiger partial charge is 0.337 e. The summed E-state index contributed by atoms with van der Waals surface area (Å²) >= 11 is 1.72. The number of imidazole rings is 1. The molecule has 0 aliphatic carbocycles. The van der Waals surface area contributed by atoms with Crippen molar-refractivity contribution in [2.24, 2.45) is 0 Å². The summed E-state index contributed by atoms with van der Waals surface area (Å²) < 4.78 is 0. The van der Waals surface area contributed by atoms with Gasteiger partial charge in [0.1, 0.15) is 10.7 Å². The molecule has 0 aliphatic heterocycles. The Morgan fingerprint density at radius 3 is 2.74 bits per heavy atom. The van der Waals surface area contributed by atoms with Crippen molar-refractivity contribution in [3.8, 4) is 11.5 Å². The summed E-state index contributed by atoms with van der Waals surface area (Å²) in [6, 6.07) is 6.29. The van der Waals surface area contributed by atoms with Crippen molar-refractivity contribution < 1.29 is 0 Å². The summed E-state index contributed by atoms with van der Waals surface area (Å²) in [7, 11) is 0. The molecule has 0 saturated heterocycles. The zero-order valence-electron chi connectivity index (χ0n) is 11.2. The van der Waals surface area contributed by atoms with E-state index >= 15 is 0 Å². The predicted octanol–water partition coefficient (Wildman–Crippen LogP) is 3.68. The highest BCUT2D eigenvalue weighted by molar-refractivity contribution is 7.99.